The highest BCUT2D eigenvalue weighted by Gasteiger charge is 2.42. The van der Waals surface area contributed by atoms with E-state index in [1.54, 1.807) is 19.1 Å². The lowest BCUT2D eigenvalue weighted by molar-refractivity contribution is -0.124. The fourth-order valence-corrected chi connectivity index (χ4v) is 3.49. The molecular formula is C14H19N3O5S. The summed E-state index contributed by atoms with van der Waals surface area (Å²) in [5.74, 6) is -0.359. The predicted molar refractivity (Wildman–Crippen MR) is 82.4 cm³/mol. The maximum atomic E-state index is 12.2. The number of carbonyl (C=O) groups is 2. The van der Waals surface area contributed by atoms with E-state index in [0.29, 0.717) is 17.9 Å². The highest BCUT2D eigenvalue weighted by molar-refractivity contribution is 7.95. The molecule has 8 nitrogen and oxygen atoms in total. The monoisotopic (exact) mass is 341 g/mol. The molecule has 1 aliphatic heterocycles. The van der Waals surface area contributed by atoms with Gasteiger partial charge in [0.2, 0.25) is 0 Å². The molecule has 0 spiro atoms. The topological polar surface area (TPSA) is 109 Å². The van der Waals surface area contributed by atoms with E-state index in [-0.39, 0.29) is 5.70 Å². The number of likely N-dealkylation sites (N-methyl/N-ethyl adjacent to an activating group) is 1. The summed E-state index contributed by atoms with van der Waals surface area (Å²) < 4.78 is 31.4. The molecule has 0 aliphatic carbocycles. The Morgan fingerprint density at radius 3 is 2.52 bits per heavy atom. The molecule has 126 valence electrons. The van der Waals surface area contributed by atoms with Gasteiger partial charge in [0.05, 0.1) is 6.04 Å². The first kappa shape index (κ1) is 17.1. The zero-order valence-electron chi connectivity index (χ0n) is 13.3. The standard InChI is InChI=1S/C14H19N3O5S/c1-5-9(10-7-6-8(2)22-10)15-11-12(14(19)17(3)4)23(20,21)16-13(11)18/h6-7,9,15H,5H2,1-4H3,(H,16,18). The zero-order valence-corrected chi connectivity index (χ0v) is 14.2. The largest absolute Gasteiger partial charge is 0.464 e. The molecule has 1 unspecified atom stereocenters. The molecule has 0 aromatic carbocycles. The number of aryl methyl sites for hydroxylation is 1. The fourth-order valence-electron chi connectivity index (χ4n) is 2.21. The van der Waals surface area contributed by atoms with Crippen molar-refractivity contribution in [3.05, 3.63) is 34.3 Å². The van der Waals surface area contributed by atoms with Gasteiger partial charge in [0.1, 0.15) is 17.2 Å². The molecule has 9 heteroatoms. The highest BCUT2D eigenvalue weighted by Crippen LogP contribution is 2.25. The van der Waals surface area contributed by atoms with Gasteiger partial charge in [0.25, 0.3) is 21.8 Å². The molecule has 2 rings (SSSR count). The number of carbonyl (C=O) groups excluding carboxylic acids is 2. The summed E-state index contributed by atoms with van der Waals surface area (Å²) in [5, 5.41) is 2.83. The number of nitrogens with zero attached hydrogens (tertiary/aromatic N) is 1. The van der Waals surface area contributed by atoms with Gasteiger partial charge in [-0.25, -0.2) is 13.1 Å². The highest BCUT2D eigenvalue weighted by atomic mass is 32.2. The third kappa shape index (κ3) is 3.24. The van der Waals surface area contributed by atoms with Crippen molar-refractivity contribution >= 4 is 21.8 Å². The van der Waals surface area contributed by atoms with Crippen LogP contribution < -0.4 is 10.0 Å². The van der Waals surface area contributed by atoms with Gasteiger partial charge in [-0.15, -0.1) is 0 Å². The van der Waals surface area contributed by atoms with Crippen molar-refractivity contribution in [3.63, 3.8) is 0 Å². The lowest BCUT2D eigenvalue weighted by atomic mass is 10.1. The Bertz CT molecular complexity index is 776. The fraction of sp³-hybridized carbons (Fsp3) is 0.429. The van der Waals surface area contributed by atoms with E-state index in [9.17, 15) is 18.0 Å². The van der Waals surface area contributed by atoms with E-state index in [0.717, 1.165) is 4.90 Å². The number of sulfonamides is 1. The van der Waals surface area contributed by atoms with Gasteiger partial charge >= 0.3 is 0 Å². The summed E-state index contributed by atoms with van der Waals surface area (Å²) in [7, 11) is -1.33. The van der Waals surface area contributed by atoms with Crippen LogP contribution in [0, 0.1) is 6.92 Å². The Morgan fingerprint density at radius 2 is 2.04 bits per heavy atom. The maximum absolute atomic E-state index is 12.2. The Balaban J connectivity index is 2.46. The molecule has 0 saturated carbocycles. The van der Waals surface area contributed by atoms with Crippen LogP contribution >= 0.6 is 0 Å². The van der Waals surface area contributed by atoms with Crippen molar-refractivity contribution in [2.45, 2.75) is 26.3 Å². The lowest BCUT2D eigenvalue weighted by Crippen LogP contribution is -2.30. The smallest absolute Gasteiger partial charge is 0.282 e. The Kier molecular flexibility index (Phi) is 4.51. The first-order valence-corrected chi connectivity index (χ1v) is 8.51. The van der Waals surface area contributed by atoms with Gasteiger partial charge in [-0.2, -0.15) is 0 Å². The van der Waals surface area contributed by atoms with Crippen molar-refractivity contribution in [1.29, 1.82) is 0 Å². The van der Waals surface area contributed by atoms with Crippen molar-refractivity contribution in [2.75, 3.05) is 14.1 Å². The predicted octanol–water partition coefficient (Wildman–Crippen LogP) is 0.388. The molecule has 0 radical (unpaired) electrons. The quantitative estimate of drug-likeness (QED) is 0.802. The normalized spacial score (nSPS) is 17.8. The molecule has 1 atom stereocenters. The molecule has 0 bridgehead atoms. The van der Waals surface area contributed by atoms with Crippen molar-refractivity contribution in [1.82, 2.24) is 14.9 Å². The van der Waals surface area contributed by atoms with Crippen molar-refractivity contribution in [2.24, 2.45) is 0 Å². The molecule has 2 amide bonds. The second-order valence-corrected chi connectivity index (χ2v) is 7.01. The van der Waals surface area contributed by atoms with Gasteiger partial charge in [-0.1, -0.05) is 6.92 Å². The maximum Gasteiger partial charge on any atom is 0.282 e. The number of hydrogen-bond donors (Lipinski definition) is 2. The summed E-state index contributed by atoms with van der Waals surface area (Å²) >= 11 is 0. The molecule has 2 heterocycles. The van der Waals surface area contributed by atoms with Gasteiger partial charge in [0.15, 0.2) is 4.91 Å². The minimum absolute atomic E-state index is 0.260. The SMILES string of the molecule is CCC(NC1=C(C(=O)N(C)C)S(=O)(=O)NC1=O)c1ccc(C)o1. The first-order chi connectivity index (χ1) is 10.7. The van der Waals surface area contributed by atoms with Gasteiger partial charge in [-0.3, -0.25) is 9.59 Å². The van der Waals surface area contributed by atoms with Gasteiger partial charge < -0.3 is 14.6 Å². The van der Waals surface area contributed by atoms with Crippen LogP contribution in [0.3, 0.4) is 0 Å². The van der Waals surface area contributed by atoms with E-state index in [1.807, 2.05) is 11.6 Å². The van der Waals surface area contributed by atoms with Crippen LogP contribution in [0.25, 0.3) is 0 Å². The van der Waals surface area contributed by atoms with Crippen LogP contribution in [0.5, 0.6) is 0 Å². The van der Waals surface area contributed by atoms with Crippen LogP contribution in [0.4, 0.5) is 0 Å². The summed E-state index contributed by atoms with van der Waals surface area (Å²) in [5.41, 5.74) is -0.260. The Morgan fingerprint density at radius 1 is 1.39 bits per heavy atom. The van der Waals surface area contributed by atoms with Crippen LogP contribution in [-0.4, -0.2) is 39.2 Å². The molecule has 1 aliphatic rings. The molecule has 2 N–H and O–H groups in total. The van der Waals surface area contributed by atoms with Crippen LogP contribution in [0.15, 0.2) is 27.2 Å². The Hall–Kier alpha value is -2.29. The van der Waals surface area contributed by atoms with E-state index in [1.165, 1.54) is 14.1 Å². The lowest BCUT2D eigenvalue weighted by Gasteiger charge is -2.17. The van der Waals surface area contributed by atoms with E-state index in [4.69, 9.17) is 4.42 Å². The molecule has 1 aromatic rings. The molecule has 23 heavy (non-hydrogen) atoms. The van der Waals surface area contributed by atoms with Crippen molar-refractivity contribution in [3.8, 4) is 0 Å². The first-order valence-electron chi connectivity index (χ1n) is 7.03. The summed E-state index contributed by atoms with van der Waals surface area (Å²) in [6.07, 6.45) is 0.535. The number of rotatable bonds is 5. The third-order valence-corrected chi connectivity index (χ3v) is 4.75. The summed E-state index contributed by atoms with van der Waals surface area (Å²) in [6.45, 7) is 3.63. The number of nitrogens with one attached hydrogen (secondary N) is 2. The van der Waals surface area contributed by atoms with Crippen LogP contribution in [0.1, 0.15) is 30.9 Å². The molecule has 0 saturated heterocycles. The van der Waals surface area contributed by atoms with Crippen molar-refractivity contribution < 1.29 is 22.4 Å². The Labute approximate surface area is 134 Å². The second-order valence-electron chi connectivity index (χ2n) is 5.39. The van der Waals surface area contributed by atoms with Crippen LogP contribution in [0.2, 0.25) is 0 Å². The summed E-state index contributed by atoms with van der Waals surface area (Å²) in [6, 6.07) is 3.08. The minimum atomic E-state index is -4.16. The number of furan rings is 1. The molecule has 0 fully saturated rings. The van der Waals surface area contributed by atoms with E-state index in [2.05, 4.69) is 5.32 Å². The van der Waals surface area contributed by atoms with E-state index >= 15 is 0 Å². The number of hydrogen-bond acceptors (Lipinski definition) is 6. The molecular weight excluding hydrogens is 322 g/mol. The third-order valence-electron chi connectivity index (χ3n) is 3.38. The average molecular weight is 341 g/mol. The number of amides is 2. The van der Waals surface area contributed by atoms with Gasteiger partial charge in [0, 0.05) is 14.1 Å². The zero-order chi connectivity index (χ0) is 17.4. The summed E-state index contributed by atoms with van der Waals surface area (Å²) in [4.78, 5) is 24.7. The minimum Gasteiger partial charge on any atom is -0.464 e. The average Bonchev–Trinajstić information content (AvgIpc) is 2.96. The van der Waals surface area contributed by atoms with E-state index < -0.39 is 32.8 Å². The molecule has 1 aromatic heterocycles. The van der Waals surface area contributed by atoms with Gasteiger partial charge in [-0.05, 0) is 25.5 Å². The second kappa shape index (κ2) is 6.07. The van der Waals surface area contributed by atoms with Crippen LogP contribution in [-0.2, 0) is 19.6 Å².